The van der Waals surface area contributed by atoms with Crippen molar-refractivity contribution in [3.05, 3.63) is 70.8 Å². The molecule has 0 spiro atoms. The van der Waals surface area contributed by atoms with Gasteiger partial charge in [0.05, 0.1) is 19.0 Å². The fraction of sp³-hybridized carbons (Fsp3) is 0.381. The minimum atomic E-state index is -3.42. The van der Waals surface area contributed by atoms with Gasteiger partial charge in [0.2, 0.25) is 10.0 Å². The predicted octanol–water partition coefficient (Wildman–Crippen LogP) is 2.64. The molecular weight excluding hydrogens is 408 g/mol. The maximum atomic E-state index is 12.7. The number of morpholine rings is 1. The van der Waals surface area contributed by atoms with E-state index in [4.69, 9.17) is 4.74 Å². The monoisotopic (exact) mass is 434 g/mol. The lowest BCUT2D eigenvalue weighted by Crippen LogP contribution is -2.41. The van der Waals surface area contributed by atoms with Gasteiger partial charge >= 0.3 is 0 Å². The Morgan fingerprint density at radius 3 is 2.55 bits per heavy atom. The Kier molecular flexibility index (Phi) is 7.71. The molecule has 0 atom stereocenters. The van der Waals surface area contributed by atoms with E-state index < -0.39 is 10.0 Å². The number of hydrogen-bond donors (Lipinski definition) is 1. The molecule has 0 aliphatic carbocycles. The second-order valence-corrected chi connectivity index (χ2v) is 9.69. The molecule has 3 rings (SSSR count). The SMILES string of the molecule is CSCc1cccc(C(=O)NCc2ccccc2CS(=O)(=O)N2CCOCC2)c1. The smallest absolute Gasteiger partial charge is 0.251 e. The van der Waals surface area contributed by atoms with Gasteiger partial charge < -0.3 is 10.1 Å². The first-order valence-electron chi connectivity index (χ1n) is 9.48. The third-order valence-electron chi connectivity index (χ3n) is 4.76. The molecule has 0 aromatic heterocycles. The lowest BCUT2D eigenvalue weighted by molar-refractivity contribution is 0.0729. The number of sulfonamides is 1. The third-order valence-corrected chi connectivity index (χ3v) is 7.21. The number of hydrogen-bond acceptors (Lipinski definition) is 5. The highest BCUT2D eigenvalue weighted by Gasteiger charge is 2.25. The van der Waals surface area contributed by atoms with Crippen molar-refractivity contribution in [2.45, 2.75) is 18.1 Å². The summed E-state index contributed by atoms with van der Waals surface area (Å²) in [5.74, 6) is 0.602. The average Bonchev–Trinajstić information content (AvgIpc) is 2.74. The second kappa shape index (κ2) is 10.2. The summed E-state index contributed by atoms with van der Waals surface area (Å²) in [5.41, 5.74) is 3.21. The summed E-state index contributed by atoms with van der Waals surface area (Å²) in [5, 5.41) is 2.92. The van der Waals surface area contributed by atoms with Crippen molar-refractivity contribution in [3.63, 3.8) is 0 Å². The molecule has 0 saturated carbocycles. The van der Waals surface area contributed by atoms with E-state index >= 15 is 0 Å². The molecule has 0 radical (unpaired) electrons. The van der Waals surface area contributed by atoms with E-state index in [1.807, 2.05) is 42.7 Å². The minimum absolute atomic E-state index is 0.0811. The van der Waals surface area contributed by atoms with Gasteiger partial charge in [0.1, 0.15) is 0 Å². The molecule has 1 saturated heterocycles. The summed E-state index contributed by atoms with van der Waals surface area (Å²) in [4.78, 5) is 12.6. The molecule has 1 fully saturated rings. The number of rotatable bonds is 8. The van der Waals surface area contributed by atoms with Gasteiger partial charge in [-0.25, -0.2) is 8.42 Å². The average molecular weight is 435 g/mol. The van der Waals surface area contributed by atoms with Crippen LogP contribution in [0.5, 0.6) is 0 Å². The number of nitrogens with one attached hydrogen (secondary N) is 1. The summed E-state index contributed by atoms with van der Waals surface area (Å²) >= 11 is 1.70. The molecule has 1 amide bonds. The van der Waals surface area contributed by atoms with Crippen LogP contribution in [0.4, 0.5) is 0 Å². The van der Waals surface area contributed by atoms with Crippen LogP contribution in [0.3, 0.4) is 0 Å². The molecule has 1 heterocycles. The van der Waals surface area contributed by atoms with Crippen molar-refractivity contribution in [1.82, 2.24) is 9.62 Å². The van der Waals surface area contributed by atoms with Crippen LogP contribution < -0.4 is 5.32 Å². The molecule has 156 valence electrons. The van der Waals surface area contributed by atoms with E-state index in [9.17, 15) is 13.2 Å². The number of carbonyl (C=O) groups excluding carboxylic acids is 1. The molecule has 29 heavy (non-hydrogen) atoms. The van der Waals surface area contributed by atoms with Crippen LogP contribution in [0.2, 0.25) is 0 Å². The van der Waals surface area contributed by atoms with Crippen molar-refractivity contribution in [2.75, 3.05) is 32.6 Å². The van der Waals surface area contributed by atoms with Crippen molar-refractivity contribution in [2.24, 2.45) is 0 Å². The molecule has 0 bridgehead atoms. The zero-order chi connectivity index (χ0) is 20.7. The number of carbonyl (C=O) groups is 1. The lowest BCUT2D eigenvalue weighted by atomic mass is 10.1. The number of nitrogens with zero attached hydrogens (tertiary/aromatic N) is 1. The summed E-state index contributed by atoms with van der Waals surface area (Å²) in [7, 11) is -3.42. The molecular formula is C21H26N2O4S2. The molecule has 1 N–H and O–H groups in total. The standard InChI is InChI=1S/C21H26N2O4S2/c1-28-15-17-5-4-8-18(13-17)21(24)22-14-19-6-2-3-7-20(19)16-29(25,26)23-9-11-27-12-10-23/h2-8,13H,9-12,14-16H2,1H3,(H,22,24). The first-order valence-corrected chi connectivity index (χ1v) is 12.5. The van der Waals surface area contributed by atoms with E-state index in [1.165, 1.54) is 4.31 Å². The van der Waals surface area contributed by atoms with Crippen LogP contribution in [0.15, 0.2) is 48.5 Å². The highest BCUT2D eigenvalue weighted by atomic mass is 32.2. The Balaban J connectivity index is 1.67. The Bertz CT molecular complexity index is 941. The maximum absolute atomic E-state index is 12.7. The van der Waals surface area contributed by atoms with Gasteiger partial charge in [0, 0.05) is 31.0 Å². The summed E-state index contributed by atoms with van der Waals surface area (Å²) in [6, 6.07) is 14.9. The zero-order valence-electron chi connectivity index (χ0n) is 16.5. The normalized spacial score (nSPS) is 15.2. The summed E-state index contributed by atoms with van der Waals surface area (Å²) in [6.45, 7) is 1.89. The van der Waals surface area contributed by atoms with E-state index in [-0.39, 0.29) is 18.2 Å². The Morgan fingerprint density at radius 1 is 1.10 bits per heavy atom. The van der Waals surface area contributed by atoms with Crippen LogP contribution in [-0.4, -0.2) is 51.2 Å². The van der Waals surface area contributed by atoms with Crippen LogP contribution in [0, 0.1) is 0 Å². The van der Waals surface area contributed by atoms with Crippen LogP contribution in [-0.2, 0) is 32.8 Å². The second-order valence-electron chi connectivity index (χ2n) is 6.85. The van der Waals surface area contributed by atoms with Gasteiger partial charge in [-0.15, -0.1) is 0 Å². The van der Waals surface area contributed by atoms with Crippen molar-refractivity contribution < 1.29 is 17.9 Å². The molecule has 2 aromatic carbocycles. The topological polar surface area (TPSA) is 75.7 Å². The number of amides is 1. The predicted molar refractivity (Wildman–Crippen MR) is 116 cm³/mol. The van der Waals surface area contributed by atoms with Crippen LogP contribution >= 0.6 is 11.8 Å². The van der Waals surface area contributed by atoms with Gasteiger partial charge in [0.15, 0.2) is 0 Å². The highest BCUT2D eigenvalue weighted by Crippen LogP contribution is 2.17. The Hall–Kier alpha value is -1.87. The fourth-order valence-corrected chi connectivity index (χ4v) is 5.31. The minimum Gasteiger partial charge on any atom is -0.379 e. The van der Waals surface area contributed by atoms with Crippen LogP contribution in [0.25, 0.3) is 0 Å². The van der Waals surface area contributed by atoms with Gasteiger partial charge in [0.25, 0.3) is 5.91 Å². The number of ether oxygens (including phenoxy) is 1. The van der Waals surface area contributed by atoms with Gasteiger partial charge in [-0.1, -0.05) is 36.4 Å². The van der Waals surface area contributed by atoms with Gasteiger partial charge in [-0.05, 0) is 35.1 Å². The number of benzene rings is 2. The summed E-state index contributed by atoms with van der Waals surface area (Å²) in [6.07, 6.45) is 2.02. The van der Waals surface area contributed by atoms with E-state index in [0.717, 1.165) is 16.9 Å². The van der Waals surface area contributed by atoms with Crippen LogP contribution in [0.1, 0.15) is 27.0 Å². The fourth-order valence-electron chi connectivity index (χ4n) is 3.23. The first-order chi connectivity index (χ1) is 14.0. The van der Waals surface area contributed by atoms with Gasteiger partial charge in [-0.3, -0.25) is 4.79 Å². The molecule has 1 aliphatic heterocycles. The van der Waals surface area contributed by atoms with E-state index in [1.54, 1.807) is 23.9 Å². The number of thioether (sulfide) groups is 1. The lowest BCUT2D eigenvalue weighted by Gasteiger charge is -2.26. The molecule has 1 aliphatic rings. The van der Waals surface area contributed by atoms with Crippen molar-refractivity contribution in [1.29, 1.82) is 0 Å². The van der Waals surface area contributed by atoms with E-state index in [0.29, 0.717) is 37.4 Å². The molecule has 6 nitrogen and oxygen atoms in total. The molecule has 2 aromatic rings. The summed E-state index contributed by atoms with van der Waals surface area (Å²) < 4.78 is 32.2. The highest BCUT2D eigenvalue weighted by molar-refractivity contribution is 7.97. The Labute approximate surface area is 176 Å². The van der Waals surface area contributed by atoms with E-state index in [2.05, 4.69) is 5.32 Å². The maximum Gasteiger partial charge on any atom is 0.251 e. The van der Waals surface area contributed by atoms with Crippen molar-refractivity contribution >= 4 is 27.7 Å². The van der Waals surface area contributed by atoms with Gasteiger partial charge in [-0.2, -0.15) is 16.1 Å². The van der Waals surface area contributed by atoms with Crippen molar-refractivity contribution in [3.8, 4) is 0 Å². The largest absolute Gasteiger partial charge is 0.379 e. The third kappa shape index (κ3) is 6.05. The zero-order valence-corrected chi connectivity index (χ0v) is 18.1. The molecule has 8 heteroatoms. The quantitative estimate of drug-likeness (QED) is 0.691. The first kappa shape index (κ1) is 21.8. The molecule has 0 unspecified atom stereocenters. The Morgan fingerprint density at radius 2 is 1.83 bits per heavy atom.